The lowest BCUT2D eigenvalue weighted by Crippen LogP contribution is -2.34. The Bertz CT molecular complexity index is 480. The molecule has 4 N–H and O–H groups in total. The van der Waals surface area contributed by atoms with Crippen LogP contribution in [0, 0.1) is 0 Å². The molecule has 0 amide bonds. The summed E-state index contributed by atoms with van der Waals surface area (Å²) in [6.45, 7) is -0.300. The van der Waals surface area contributed by atoms with E-state index in [2.05, 4.69) is 4.98 Å². The van der Waals surface area contributed by atoms with E-state index in [-0.39, 0.29) is 17.7 Å². The number of ether oxygens (including phenoxy) is 1. The second kappa shape index (κ2) is 5.27. The molecule has 8 heteroatoms. The molecule has 1 unspecified atom stereocenters. The van der Waals surface area contributed by atoms with Gasteiger partial charge in [0.2, 0.25) is 0 Å². The summed E-state index contributed by atoms with van der Waals surface area (Å²) in [6.07, 6.45) is 1.09. The van der Waals surface area contributed by atoms with Gasteiger partial charge in [-0.1, -0.05) is 0 Å². The Morgan fingerprint density at radius 2 is 2.39 bits per heavy atom. The quantitative estimate of drug-likeness (QED) is 0.635. The fourth-order valence-electron chi connectivity index (χ4n) is 1.97. The monoisotopic (exact) mass is 273 g/mol. The standard InChI is InChI=1S/C10H15N3O4S/c1-18-8-7(15)5(4-14)17-9(8)13-3-2-6(11)12-10(13)16/h2-3,5,7-9,14-15H,4H2,1H3,(H2,11,12,16)/t5-,7+,8?,9-/m1/s1. The van der Waals surface area contributed by atoms with Crippen LogP contribution in [0.4, 0.5) is 5.82 Å². The maximum atomic E-state index is 11.7. The van der Waals surface area contributed by atoms with Crippen molar-refractivity contribution in [1.82, 2.24) is 9.55 Å². The molecule has 0 aliphatic carbocycles. The van der Waals surface area contributed by atoms with Crippen LogP contribution in [-0.2, 0) is 4.74 Å². The van der Waals surface area contributed by atoms with Crippen molar-refractivity contribution in [2.45, 2.75) is 23.7 Å². The van der Waals surface area contributed by atoms with Gasteiger partial charge in [0.15, 0.2) is 6.23 Å². The predicted molar refractivity (Wildman–Crippen MR) is 67.2 cm³/mol. The number of hydrogen-bond acceptors (Lipinski definition) is 7. The van der Waals surface area contributed by atoms with E-state index in [4.69, 9.17) is 15.6 Å². The van der Waals surface area contributed by atoms with E-state index in [0.717, 1.165) is 0 Å². The summed E-state index contributed by atoms with van der Waals surface area (Å²) >= 11 is 1.37. The van der Waals surface area contributed by atoms with Crippen molar-refractivity contribution < 1.29 is 14.9 Å². The first-order chi connectivity index (χ1) is 8.58. The molecule has 1 aromatic heterocycles. The Hall–Kier alpha value is -1.09. The normalized spacial score (nSPS) is 31.7. The number of nitrogens with two attached hydrogens (primary N) is 1. The lowest BCUT2D eigenvalue weighted by molar-refractivity contribution is -0.0456. The fraction of sp³-hybridized carbons (Fsp3) is 0.600. The van der Waals surface area contributed by atoms with Gasteiger partial charge in [0, 0.05) is 6.20 Å². The molecule has 1 saturated heterocycles. The summed E-state index contributed by atoms with van der Waals surface area (Å²) in [4.78, 5) is 15.3. The first-order valence-electron chi connectivity index (χ1n) is 5.40. The van der Waals surface area contributed by atoms with E-state index in [1.807, 2.05) is 0 Å². The van der Waals surface area contributed by atoms with Gasteiger partial charge < -0.3 is 20.7 Å². The molecule has 4 atom stereocenters. The van der Waals surface area contributed by atoms with Crippen molar-refractivity contribution in [3.8, 4) is 0 Å². The SMILES string of the molecule is CSC1[C@@H](O)[C@@H](CO)O[C@H]1n1ccc(N)nc1=O. The van der Waals surface area contributed by atoms with Crippen molar-refractivity contribution in [1.29, 1.82) is 0 Å². The molecule has 0 aromatic carbocycles. The summed E-state index contributed by atoms with van der Waals surface area (Å²) in [5, 5.41) is 18.7. The lowest BCUT2D eigenvalue weighted by atomic mass is 10.2. The van der Waals surface area contributed by atoms with E-state index >= 15 is 0 Å². The number of nitrogens with zero attached hydrogens (tertiary/aromatic N) is 2. The van der Waals surface area contributed by atoms with Crippen molar-refractivity contribution in [3.05, 3.63) is 22.7 Å². The van der Waals surface area contributed by atoms with Crippen molar-refractivity contribution in [2.75, 3.05) is 18.6 Å². The number of thioether (sulfide) groups is 1. The molecular weight excluding hydrogens is 258 g/mol. The Labute approximate surface area is 108 Å². The van der Waals surface area contributed by atoms with Crippen LogP contribution in [0.3, 0.4) is 0 Å². The molecule has 2 rings (SSSR count). The van der Waals surface area contributed by atoms with Crippen LogP contribution in [0.15, 0.2) is 17.1 Å². The van der Waals surface area contributed by atoms with Crippen LogP contribution in [0.5, 0.6) is 0 Å². The van der Waals surface area contributed by atoms with Crippen LogP contribution in [0.2, 0.25) is 0 Å². The highest BCUT2D eigenvalue weighted by Gasteiger charge is 2.44. The summed E-state index contributed by atoms with van der Waals surface area (Å²) in [5.74, 6) is 0.134. The molecule has 1 aliphatic heterocycles. The highest BCUT2D eigenvalue weighted by atomic mass is 32.2. The number of aromatic nitrogens is 2. The van der Waals surface area contributed by atoms with Crippen LogP contribution < -0.4 is 11.4 Å². The lowest BCUT2D eigenvalue weighted by Gasteiger charge is -2.19. The average Bonchev–Trinajstić information content (AvgIpc) is 2.65. The molecule has 1 aliphatic rings. The first-order valence-corrected chi connectivity index (χ1v) is 6.69. The van der Waals surface area contributed by atoms with Crippen LogP contribution in [0.1, 0.15) is 6.23 Å². The van der Waals surface area contributed by atoms with Gasteiger partial charge in [0.1, 0.15) is 11.9 Å². The average molecular weight is 273 g/mol. The van der Waals surface area contributed by atoms with Crippen LogP contribution in [0.25, 0.3) is 0 Å². The molecule has 0 radical (unpaired) electrons. The Balaban J connectivity index is 2.35. The van der Waals surface area contributed by atoms with Crippen molar-refractivity contribution >= 4 is 17.6 Å². The van der Waals surface area contributed by atoms with Crippen molar-refractivity contribution in [3.63, 3.8) is 0 Å². The first kappa shape index (κ1) is 13.3. The summed E-state index contributed by atoms with van der Waals surface area (Å²) in [6, 6.07) is 1.49. The minimum Gasteiger partial charge on any atom is -0.394 e. The van der Waals surface area contributed by atoms with Gasteiger partial charge >= 0.3 is 5.69 Å². The van der Waals surface area contributed by atoms with Gasteiger partial charge in [-0.05, 0) is 12.3 Å². The van der Waals surface area contributed by atoms with Crippen LogP contribution in [-0.4, -0.2) is 50.1 Å². The molecule has 1 fully saturated rings. The van der Waals surface area contributed by atoms with Gasteiger partial charge in [-0.2, -0.15) is 16.7 Å². The molecule has 0 spiro atoms. The summed E-state index contributed by atoms with van der Waals surface area (Å²) < 4.78 is 6.77. The topological polar surface area (TPSA) is 111 Å². The van der Waals surface area contributed by atoms with E-state index in [0.29, 0.717) is 0 Å². The van der Waals surface area contributed by atoms with Gasteiger partial charge in [-0.3, -0.25) is 4.57 Å². The van der Waals surface area contributed by atoms with E-state index < -0.39 is 24.1 Å². The molecule has 100 valence electrons. The smallest absolute Gasteiger partial charge is 0.351 e. The van der Waals surface area contributed by atoms with Gasteiger partial charge in [0.05, 0.1) is 18.0 Å². The number of hydrogen-bond donors (Lipinski definition) is 3. The van der Waals surface area contributed by atoms with Crippen LogP contribution >= 0.6 is 11.8 Å². The summed E-state index contributed by atoms with van der Waals surface area (Å²) in [7, 11) is 0. The molecule has 2 heterocycles. The van der Waals surface area contributed by atoms with Crippen molar-refractivity contribution in [2.24, 2.45) is 0 Å². The zero-order valence-corrected chi connectivity index (χ0v) is 10.6. The van der Waals surface area contributed by atoms with Gasteiger partial charge in [-0.15, -0.1) is 0 Å². The molecule has 0 saturated carbocycles. The Morgan fingerprint density at radius 3 is 2.94 bits per heavy atom. The highest BCUT2D eigenvalue weighted by Crippen LogP contribution is 2.35. The third kappa shape index (κ3) is 2.24. The predicted octanol–water partition coefficient (Wildman–Crippen LogP) is -1.19. The zero-order valence-electron chi connectivity index (χ0n) is 9.76. The van der Waals surface area contributed by atoms with E-state index in [1.54, 1.807) is 6.26 Å². The number of nitrogen functional groups attached to an aromatic ring is 1. The third-order valence-electron chi connectivity index (χ3n) is 2.89. The largest absolute Gasteiger partial charge is 0.394 e. The number of rotatable bonds is 3. The molecule has 18 heavy (non-hydrogen) atoms. The maximum absolute atomic E-state index is 11.7. The maximum Gasteiger partial charge on any atom is 0.351 e. The molecule has 7 nitrogen and oxygen atoms in total. The number of aliphatic hydroxyl groups is 2. The zero-order chi connectivity index (χ0) is 13.3. The third-order valence-corrected chi connectivity index (χ3v) is 3.95. The van der Waals surface area contributed by atoms with E-state index in [9.17, 15) is 9.90 Å². The van der Waals surface area contributed by atoms with Gasteiger partial charge in [0.25, 0.3) is 0 Å². The second-order valence-corrected chi connectivity index (χ2v) is 5.00. The Morgan fingerprint density at radius 1 is 1.67 bits per heavy atom. The Kier molecular flexibility index (Phi) is 3.91. The molecule has 0 bridgehead atoms. The van der Waals surface area contributed by atoms with Gasteiger partial charge in [-0.25, -0.2) is 4.79 Å². The number of anilines is 1. The summed E-state index contributed by atoms with van der Waals surface area (Å²) in [5.41, 5.74) is 4.88. The minimum absolute atomic E-state index is 0.134. The fourth-order valence-corrected chi connectivity index (χ4v) is 2.85. The molecule has 1 aromatic rings. The minimum atomic E-state index is -0.834. The highest BCUT2D eigenvalue weighted by molar-refractivity contribution is 7.99. The van der Waals surface area contributed by atoms with E-state index in [1.165, 1.54) is 28.6 Å². The second-order valence-electron chi connectivity index (χ2n) is 3.98. The molecular formula is C10H15N3O4S. The number of aliphatic hydroxyl groups excluding tert-OH is 2.